The first-order valence-electron chi connectivity index (χ1n) is 8.89. The van der Waals surface area contributed by atoms with Gasteiger partial charge < -0.3 is 5.32 Å². The van der Waals surface area contributed by atoms with Gasteiger partial charge in [0.15, 0.2) is 0 Å². The number of amides is 2. The molecule has 3 N–H and O–H groups in total. The molecule has 2 aromatic carbocycles. The third-order valence-electron chi connectivity index (χ3n) is 4.05. The summed E-state index contributed by atoms with van der Waals surface area (Å²) in [5.74, 6) is -0.0667. The maximum atomic E-state index is 12.5. The van der Waals surface area contributed by atoms with Gasteiger partial charge in [-0.3, -0.25) is 0 Å². The molecular weight excluding hydrogens is 442 g/mol. The zero-order valence-corrected chi connectivity index (χ0v) is 18.2. The number of nitrogens with one attached hydrogen (secondary N) is 3. The molecule has 31 heavy (non-hydrogen) atoms. The monoisotopic (exact) mass is 461 g/mol. The van der Waals surface area contributed by atoms with Gasteiger partial charge >= 0.3 is 6.03 Å². The lowest BCUT2D eigenvalue weighted by molar-refractivity contribution is 0.256. The Kier molecular flexibility index (Phi) is 6.22. The molecule has 1 aromatic heterocycles. The highest BCUT2D eigenvalue weighted by molar-refractivity contribution is 7.92. The van der Waals surface area contributed by atoms with Crippen molar-refractivity contribution in [2.75, 3.05) is 10.0 Å². The van der Waals surface area contributed by atoms with Crippen LogP contribution in [0, 0.1) is 13.8 Å². The molecule has 0 aliphatic carbocycles. The highest BCUT2D eigenvalue weighted by Crippen LogP contribution is 2.17. The Hall–Kier alpha value is -3.51. The molecule has 0 spiro atoms. The van der Waals surface area contributed by atoms with E-state index in [1.165, 1.54) is 36.5 Å². The summed E-state index contributed by atoms with van der Waals surface area (Å²) in [6.07, 6.45) is 1.43. The van der Waals surface area contributed by atoms with Crippen molar-refractivity contribution < 1.29 is 21.6 Å². The predicted octanol–water partition coefficient (Wildman–Crippen LogP) is 2.40. The SMILES string of the molecule is Cc1ccnc(NS(=O)(=O)c2ccc(NC(=O)NS(=O)(=O)c3ccccc3C)cc2)n1. The fraction of sp³-hybridized carbons (Fsp3) is 0.105. The quantitative estimate of drug-likeness (QED) is 0.510. The highest BCUT2D eigenvalue weighted by atomic mass is 32.2. The Balaban J connectivity index is 1.69. The average Bonchev–Trinajstić information content (AvgIpc) is 2.67. The average molecular weight is 462 g/mol. The number of hydrogen-bond acceptors (Lipinski definition) is 7. The van der Waals surface area contributed by atoms with E-state index in [9.17, 15) is 21.6 Å². The van der Waals surface area contributed by atoms with E-state index in [1.54, 1.807) is 38.1 Å². The topological polar surface area (TPSA) is 147 Å². The minimum atomic E-state index is -4.06. The van der Waals surface area contributed by atoms with E-state index in [-0.39, 0.29) is 21.4 Å². The van der Waals surface area contributed by atoms with E-state index in [2.05, 4.69) is 20.0 Å². The van der Waals surface area contributed by atoms with Crippen LogP contribution in [0.3, 0.4) is 0 Å². The van der Waals surface area contributed by atoms with Crippen LogP contribution in [-0.4, -0.2) is 32.8 Å². The molecule has 3 aromatic rings. The van der Waals surface area contributed by atoms with Gasteiger partial charge in [0.2, 0.25) is 5.95 Å². The first-order valence-corrected chi connectivity index (χ1v) is 11.9. The number of aromatic nitrogens is 2. The predicted molar refractivity (Wildman–Crippen MR) is 115 cm³/mol. The van der Waals surface area contributed by atoms with Crippen molar-refractivity contribution in [3.63, 3.8) is 0 Å². The molecule has 0 fully saturated rings. The minimum absolute atomic E-state index is 0.0176. The van der Waals surface area contributed by atoms with Gasteiger partial charge in [0, 0.05) is 17.6 Å². The molecule has 0 bridgehead atoms. The standard InChI is InChI=1S/C19H19N5O5S2/c1-13-5-3-4-6-17(13)31(28,29)24-19(25)22-15-7-9-16(10-8-15)30(26,27)23-18-20-12-11-14(2)21-18/h3-12H,1-2H3,(H,20,21,23)(H2,22,24,25). The zero-order valence-electron chi connectivity index (χ0n) is 16.5. The van der Waals surface area contributed by atoms with Gasteiger partial charge in [-0.15, -0.1) is 0 Å². The molecule has 0 atom stereocenters. The fourth-order valence-electron chi connectivity index (χ4n) is 2.59. The van der Waals surface area contributed by atoms with Crippen LogP contribution < -0.4 is 14.8 Å². The number of rotatable bonds is 6. The molecule has 0 unspecified atom stereocenters. The van der Waals surface area contributed by atoms with Crippen LogP contribution >= 0.6 is 0 Å². The van der Waals surface area contributed by atoms with E-state index in [0.717, 1.165) is 0 Å². The molecule has 0 aliphatic heterocycles. The molecule has 0 saturated carbocycles. The van der Waals surface area contributed by atoms with Gasteiger partial charge in [-0.2, -0.15) is 0 Å². The molecule has 0 aliphatic rings. The highest BCUT2D eigenvalue weighted by Gasteiger charge is 2.20. The van der Waals surface area contributed by atoms with Crippen LogP contribution in [0.1, 0.15) is 11.3 Å². The zero-order chi connectivity index (χ0) is 22.6. The summed E-state index contributed by atoms with van der Waals surface area (Å²) in [4.78, 5) is 19.8. The van der Waals surface area contributed by atoms with Gasteiger partial charge in [-0.05, 0) is 55.8 Å². The van der Waals surface area contributed by atoms with Crippen molar-refractivity contribution in [1.29, 1.82) is 0 Å². The number of carbonyl (C=O) groups is 1. The number of aryl methyl sites for hydroxylation is 2. The van der Waals surface area contributed by atoms with E-state index in [0.29, 0.717) is 11.3 Å². The van der Waals surface area contributed by atoms with Crippen LogP contribution in [0.4, 0.5) is 16.4 Å². The molecule has 1 heterocycles. The lowest BCUT2D eigenvalue weighted by Gasteiger charge is -2.11. The number of urea groups is 1. The van der Waals surface area contributed by atoms with Crippen LogP contribution in [-0.2, 0) is 20.0 Å². The van der Waals surface area contributed by atoms with Crippen LogP contribution in [0.25, 0.3) is 0 Å². The van der Waals surface area contributed by atoms with Crippen molar-refractivity contribution in [3.8, 4) is 0 Å². The van der Waals surface area contributed by atoms with Gasteiger partial charge in [-0.25, -0.2) is 41.0 Å². The lowest BCUT2D eigenvalue weighted by Crippen LogP contribution is -2.34. The molecule has 0 saturated heterocycles. The summed E-state index contributed by atoms with van der Waals surface area (Å²) in [6, 6.07) is 12.0. The number of benzene rings is 2. The van der Waals surface area contributed by atoms with Gasteiger partial charge in [0.1, 0.15) is 0 Å². The van der Waals surface area contributed by atoms with Crippen molar-refractivity contribution in [2.24, 2.45) is 0 Å². The Bertz CT molecular complexity index is 1320. The number of anilines is 2. The second-order valence-electron chi connectivity index (χ2n) is 6.48. The second-order valence-corrected chi connectivity index (χ2v) is 9.81. The molecule has 162 valence electrons. The summed E-state index contributed by atoms with van der Waals surface area (Å²) in [5.41, 5.74) is 1.28. The summed E-state index contributed by atoms with van der Waals surface area (Å²) >= 11 is 0. The molecular formula is C19H19N5O5S2. The number of hydrogen-bond donors (Lipinski definition) is 3. The Labute approximate surface area is 179 Å². The van der Waals surface area contributed by atoms with E-state index in [1.807, 2.05) is 4.72 Å². The summed E-state index contributed by atoms with van der Waals surface area (Å²) < 4.78 is 53.8. The molecule has 10 nitrogen and oxygen atoms in total. The number of nitrogens with zero attached hydrogens (tertiary/aromatic N) is 2. The molecule has 3 rings (SSSR count). The maximum Gasteiger partial charge on any atom is 0.333 e. The van der Waals surface area contributed by atoms with Crippen LogP contribution in [0.5, 0.6) is 0 Å². The van der Waals surface area contributed by atoms with Crippen LogP contribution in [0.2, 0.25) is 0 Å². The number of sulfonamides is 2. The first-order chi connectivity index (χ1) is 14.6. The van der Waals surface area contributed by atoms with E-state index in [4.69, 9.17) is 0 Å². The van der Waals surface area contributed by atoms with Crippen molar-refractivity contribution >= 4 is 37.7 Å². The van der Waals surface area contributed by atoms with Gasteiger partial charge in [0.05, 0.1) is 9.79 Å². The Morgan fingerprint density at radius 3 is 2.19 bits per heavy atom. The molecule has 12 heteroatoms. The van der Waals surface area contributed by atoms with Crippen molar-refractivity contribution in [1.82, 2.24) is 14.7 Å². The van der Waals surface area contributed by atoms with Crippen molar-refractivity contribution in [3.05, 3.63) is 72.1 Å². The third-order valence-corrected chi connectivity index (χ3v) is 6.89. The molecule has 0 radical (unpaired) electrons. The summed E-state index contributed by atoms with van der Waals surface area (Å²) in [6.45, 7) is 3.31. The third kappa shape index (κ3) is 5.55. The minimum Gasteiger partial charge on any atom is -0.307 e. The Morgan fingerprint density at radius 2 is 1.55 bits per heavy atom. The molecule has 2 amide bonds. The summed E-state index contributed by atoms with van der Waals surface area (Å²) in [7, 11) is -8.01. The first kappa shape index (κ1) is 22.2. The smallest absolute Gasteiger partial charge is 0.307 e. The van der Waals surface area contributed by atoms with E-state index < -0.39 is 26.1 Å². The second kappa shape index (κ2) is 8.70. The van der Waals surface area contributed by atoms with Gasteiger partial charge in [0.25, 0.3) is 20.0 Å². The Morgan fingerprint density at radius 1 is 0.871 bits per heavy atom. The maximum absolute atomic E-state index is 12.5. The van der Waals surface area contributed by atoms with Crippen molar-refractivity contribution in [2.45, 2.75) is 23.6 Å². The lowest BCUT2D eigenvalue weighted by atomic mass is 10.2. The van der Waals surface area contributed by atoms with Gasteiger partial charge in [-0.1, -0.05) is 18.2 Å². The normalized spacial score (nSPS) is 11.5. The fourth-order valence-corrected chi connectivity index (χ4v) is 4.69. The largest absolute Gasteiger partial charge is 0.333 e. The van der Waals surface area contributed by atoms with E-state index >= 15 is 0 Å². The number of carbonyl (C=O) groups excluding carboxylic acids is 1. The summed E-state index contributed by atoms with van der Waals surface area (Å²) in [5, 5.41) is 2.35. The van der Waals surface area contributed by atoms with Crippen LogP contribution in [0.15, 0.2) is 70.6 Å².